The third-order valence-electron chi connectivity index (χ3n) is 3.45. The first kappa shape index (κ1) is 13.5. The number of Topliss-reactive ketones (excluding diaryl/α,β-unsaturated/α-hetero) is 1. The van der Waals surface area contributed by atoms with Crippen molar-refractivity contribution in [1.29, 1.82) is 0 Å². The van der Waals surface area contributed by atoms with Crippen molar-refractivity contribution in [1.82, 2.24) is 4.90 Å². The lowest BCUT2D eigenvalue weighted by Gasteiger charge is -2.35. The minimum atomic E-state index is -1.29. The van der Waals surface area contributed by atoms with Crippen LogP contribution in [-0.4, -0.2) is 40.6 Å². The minimum Gasteiger partial charge on any atom is -0.410 e. The number of likely N-dealkylation sites (tertiary alicyclic amines) is 1. The fourth-order valence-electron chi connectivity index (χ4n) is 2.07. The molecule has 5 heteroatoms. The second-order valence-corrected chi connectivity index (χ2v) is 4.76. The van der Waals surface area contributed by atoms with E-state index < -0.39 is 11.7 Å². The van der Waals surface area contributed by atoms with Crippen LogP contribution in [0, 0.1) is 0 Å². The Morgan fingerprint density at radius 3 is 2.32 bits per heavy atom. The van der Waals surface area contributed by atoms with E-state index in [4.69, 9.17) is 4.74 Å². The fourth-order valence-corrected chi connectivity index (χ4v) is 2.07. The zero-order valence-electron chi connectivity index (χ0n) is 10.8. The summed E-state index contributed by atoms with van der Waals surface area (Å²) < 4.78 is 5.20. The summed E-state index contributed by atoms with van der Waals surface area (Å²) in [5.41, 5.74) is -1.29. The number of benzene rings is 1. The Morgan fingerprint density at radius 1 is 1.21 bits per heavy atom. The van der Waals surface area contributed by atoms with Gasteiger partial charge in [-0.1, -0.05) is 18.2 Å². The number of nitrogens with zero attached hydrogens (tertiary/aromatic N) is 1. The van der Waals surface area contributed by atoms with Crippen molar-refractivity contribution < 1.29 is 19.4 Å². The van der Waals surface area contributed by atoms with E-state index >= 15 is 0 Å². The van der Waals surface area contributed by atoms with Crippen molar-refractivity contribution in [2.45, 2.75) is 25.4 Å². The number of ketones is 1. The Kier molecular flexibility index (Phi) is 3.85. The highest BCUT2D eigenvalue weighted by Crippen LogP contribution is 2.23. The molecule has 1 heterocycles. The molecule has 0 bridgehead atoms. The first-order valence-electron chi connectivity index (χ1n) is 6.26. The maximum absolute atomic E-state index is 11.9. The Balaban J connectivity index is 1.91. The van der Waals surface area contributed by atoms with Crippen LogP contribution in [0.3, 0.4) is 0 Å². The third-order valence-corrected chi connectivity index (χ3v) is 3.45. The molecule has 0 atom stereocenters. The maximum atomic E-state index is 11.9. The van der Waals surface area contributed by atoms with Gasteiger partial charge < -0.3 is 14.7 Å². The van der Waals surface area contributed by atoms with Gasteiger partial charge in [0, 0.05) is 25.9 Å². The largest absolute Gasteiger partial charge is 0.415 e. The number of carbonyl (C=O) groups is 2. The van der Waals surface area contributed by atoms with Crippen LogP contribution in [0.4, 0.5) is 4.79 Å². The first-order valence-corrected chi connectivity index (χ1v) is 6.26. The summed E-state index contributed by atoms with van der Waals surface area (Å²) >= 11 is 0. The molecule has 0 aromatic heterocycles. The van der Waals surface area contributed by atoms with E-state index in [0.717, 1.165) is 0 Å². The van der Waals surface area contributed by atoms with Crippen molar-refractivity contribution in [2.24, 2.45) is 0 Å². The number of hydrogen-bond acceptors (Lipinski definition) is 4. The molecule has 1 aromatic carbocycles. The molecular formula is C14H17NO4. The molecule has 0 saturated carbocycles. The molecule has 1 fully saturated rings. The molecule has 0 unspecified atom stereocenters. The first-order chi connectivity index (χ1) is 9.01. The summed E-state index contributed by atoms with van der Waals surface area (Å²) in [6.45, 7) is 2.02. The molecule has 1 saturated heterocycles. The van der Waals surface area contributed by atoms with E-state index in [0.29, 0.717) is 18.8 Å². The topological polar surface area (TPSA) is 66.8 Å². The van der Waals surface area contributed by atoms with Crippen molar-refractivity contribution >= 4 is 11.9 Å². The Labute approximate surface area is 111 Å². The Morgan fingerprint density at radius 2 is 1.79 bits per heavy atom. The van der Waals surface area contributed by atoms with Crippen molar-refractivity contribution in [2.75, 3.05) is 13.1 Å². The number of carbonyl (C=O) groups excluding carboxylic acids is 2. The van der Waals surface area contributed by atoms with Gasteiger partial charge in [-0.15, -0.1) is 0 Å². The van der Waals surface area contributed by atoms with Crippen LogP contribution >= 0.6 is 0 Å². The summed E-state index contributed by atoms with van der Waals surface area (Å²) in [6, 6.07) is 8.81. The zero-order valence-corrected chi connectivity index (χ0v) is 10.8. The zero-order chi connectivity index (χ0) is 13.9. The second-order valence-electron chi connectivity index (χ2n) is 4.76. The highest BCUT2D eigenvalue weighted by molar-refractivity contribution is 5.85. The van der Waals surface area contributed by atoms with Crippen LogP contribution in [0.15, 0.2) is 30.3 Å². The van der Waals surface area contributed by atoms with E-state index in [1.807, 2.05) is 6.07 Å². The van der Waals surface area contributed by atoms with Gasteiger partial charge in [0.2, 0.25) is 0 Å². The molecule has 102 valence electrons. The van der Waals surface area contributed by atoms with Crippen LogP contribution in [0.1, 0.15) is 19.8 Å². The average Bonchev–Trinajstić information content (AvgIpc) is 2.40. The van der Waals surface area contributed by atoms with Crippen molar-refractivity contribution in [3.05, 3.63) is 30.3 Å². The maximum Gasteiger partial charge on any atom is 0.415 e. The van der Waals surface area contributed by atoms with Gasteiger partial charge in [0.25, 0.3) is 0 Å². The fraction of sp³-hybridized carbons (Fsp3) is 0.429. The number of para-hydroxylation sites is 1. The summed E-state index contributed by atoms with van der Waals surface area (Å²) in [6.07, 6.45) is 0.0649. The molecule has 0 aliphatic carbocycles. The van der Waals surface area contributed by atoms with Gasteiger partial charge in [-0.25, -0.2) is 4.79 Å². The van der Waals surface area contributed by atoms with E-state index in [1.165, 1.54) is 11.8 Å². The highest BCUT2D eigenvalue weighted by Gasteiger charge is 2.38. The molecular weight excluding hydrogens is 246 g/mol. The molecule has 2 rings (SSSR count). The monoisotopic (exact) mass is 263 g/mol. The molecule has 1 N–H and O–H groups in total. The standard InChI is InChI=1S/C14H17NO4/c1-11(16)14(18)7-9-15(10-8-14)13(17)19-12-5-3-2-4-6-12/h2-6,18H,7-10H2,1H3. The molecule has 1 aliphatic rings. The molecule has 1 aromatic rings. The van der Waals surface area contributed by atoms with Gasteiger partial charge in [-0.05, 0) is 19.1 Å². The van der Waals surface area contributed by atoms with Gasteiger partial charge in [-0.2, -0.15) is 0 Å². The van der Waals surface area contributed by atoms with E-state index in [-0.39, 0.29) is 18.6 Å². The molecule has 5 nitrogen and oxygen atoms in total. The normalized spacial score (nSPS) is 17.9. The minimum absolute atomic E-state index is 0.247. The Bertz CT molecular complexity index is 464. The van der Waals surface area contributed by atoms with Crippen LogP contribution in [0.5, 0.6) is 5.75 Å². The van der Waals surface area contributed by atoms with E-state index in [1.54, 1.807) is 24.3 Å². The number of piperidine rings is 1. The molecule has 19 heavy (non-hydrogen) atoms. The molecule has 0 radical (unpaired) electrons. The number of amides is 1. The lowest BCUT2D eigenvalue weighted by molar-refractivity contribution is -0.139. The van der Waals surface area contributed by atoms with Crippen molar-refractivity contribution in [3.63, 3.8) is 0 Å². The quantitative estimate of drug-likeness (QED) is 0.880. The average molecular weight is 263 g/mol. The second kappa shape index (κ2) is 5.40. The Hall–Kier alpha value is -1.88. The smallest absolute Gasteiger partial charge is 0.410 e. The van der Waals surface area contributed by atoms with Gasteiger partial charge in [0.05, 0.1) is 0 Å². The SMILES string of the molecule is CC(=O)C1(O)CCN(C(=O)Oc2ccccc2)CC1. The van der Waals surface area contributed by atoms with Gasteiger partial charge in [0.1, 0.15) is 11.4 Å². The van der Waals surface area contributed by atoms with Crippen LogP contribution in [-0.2, 0) is 4.79 Å². The summed E-state index contributed by atoms with van der Waals surface area (Å²) in [5.74, 6) is 0.239. The number of rotatable bonds is 2. The van der Waals surface area contributed by atoms with Gasteiger partial charge in [-0.3, -0.25) is 4.79 Å². The lowest BCUT2D eigenvalue weighted by atomic mass is 9.88. The number of ether oxygens (including phenoxy) is 1. The molecule has 1 aliphatic heterocycles. The number of aliphatic hydroxyl groups is 1. The summed E-state index contributed by atoms with van der Waals surface area (Å²) in [7, 11) is 0. The van der Waals surface area contributed by atoms with Crippen molar-refractivity contribution in [3.8, 4) is 5.75 Å². The van der Waals surface area contributed by atoms with Crippen LogP contribution in [0.2, 0.25) is 0 Å². The molecule has 0 spiro atoms. The number of hydrogen-bond donors (Lipinski definition) is 1. The molecule has 1 amide bonds. The van der Waals surface area contributed by atoms with Gasteiger partial charge in [0.15, 0.2) is 5.78 Å². The third kappa shape index (κ3) is 3.12. The van der Waals surface area contributed by atoms with Crippen LogP contribution in [0.25, 0.3) is 0 Å². The predicted octanol–water partition coefficient (Wildman–Crippen LogP) is 1.60. The summed E-state index contributed by atoms with van der Waals surface area (Å²) in [4.78, 5) is 24.7. The highest BCUT2D eigenvalue weighted by atomic mass is 16.6. The lowest BCUT2D eigenvalue weighted by Crippen LogP contribution is -2.50. The van der Waals surface area contributed by atoms with Gasteiger partial charge >= 0.3 is 6.09 Å². The van der Waals surface area contributed by atoms with E-state index in [9.17, 15) is 14.7 Å². The predicted molar refractivity (Wildman–Crippen MR) is 68.9 cm³/mol. The summed E-state index contributed by atoms with van der Waals surface area (Å²) in [5, 5.41) is 10.0. The van der Waals surface area contributed by atoms with E-state index in [2.05, 4.69) is 0 Å². The van der Waals surface area contributed by atoms with Crippen LogP contribution < -0.4 is 4.74 Å².